The largest absolute Gasteiger partial charge is 0.347 e. The molecule has 1 heterocycles. The van der Waals surface area contributed by atoms with Crippen LogP contribution < -0.4 is 5.32 Å². The van der Waals surface area contributed by atoms with Crippen molar-refractivity contribution in [3.8, 4) is 0 Å². The zero-order chi connectivity index (χ0) is 14.8. The molecule has 110 valence electrons. The predicted molar refractivity (Wildman–Crippen MR) is 88.0 cm³/mol. The van der Waals surface area contributed by atoms with Crippen LogP contribution in [0.15, 0.2) is 30.5 Å². The number of aryl methyl sites for hydroxylation is 1. The van der Waals surface area contributed by atoms with Gasteiger partial charge in [-0.2, -0.15) is 0 Å². The van der Waals surface area contributed by atoms with Crippen molar-refractivity contribution in [1.29, 1.82) is 0 Å². The van der Waals surface area contributed by atoms with Crippen molar-refractivity contribution in [3.05, 3.63) is 36.0 Å². The maximum absolute atomic E-state index is 3.58. The van der Waals surface area contributed by atoms with Gasteiger partial charge in [-0.3, -0.25) is 0 Å². The van der Waals surface area contributed by atoms with Crippen LogP contribution in [0.25, 0.3) is 10.9 Å². The highest BCUT2D eigenvalue weighted by Gasteiger charge is 2.11. The van der Waals surface area contributed by atoms with Crippen LogP contribution in [0.1, 0.15) is 46.6 Å². The molecule has 0 atom stereocenters. The van der Waals surface area contributed by atoms with Gasteiger partial charge in [0.2, 0.25) is 0 Å². The number of hydrogen-bond acceptors (Lipinski definition) is 1. The lowest BCUT2D eigenvalue weighted by molar-refractivity contribution is 0.425. The second-order valence-corrected chi connectivity index (χ2v) is 7.15. The topological polar surface area (TPSA) is 17.0 Å². The van der Waals surface area contributed by atoms with Gasteiger partial charge in [0.05, 0.1) is 0 Å². The van der Waals surface area contributed by atoms with Gasteiger partial charge in [0.15, 0.2) is 0 Å². The molecule has 0 unspecified atom stereocenters. The lowest BCUT2D eigenvalue weighted by Crippen LogP contribution is -2.35. The van der Waals surface area contributed by atoms with E-state index in [1.807, 2.05) is 0 Å². The van der Waals surface area contributed by atoms with Gasteiger partial charge >= 0.3 is 0 Å². The van der Waals surface area contributed by atoms with Crippen LogP contribution >= 0.6 is 0 Å². The van der Waals surface area contributed by atoms with Gasteiger partial charge in [0.1, 0.15) is 0 Å². The fraction of sp³-hybridized carbons (Fsp3) is 0.556. The maximum Gasteiger partial charge on any atom is 0.0483 e. The molecule has 0 aliphatic rings. The smallest absolute Gasteiger partial charge is 0.0483 e. The first-order chi connectivity index (χ1) is 9.37. The molecule has 2 aromatic rings. The molecule has 1 N–H and O–H groups in total. The Morgan fingerprint density at radius 2 is 1.90 bits per heavy atom. The number of rotatable bonds is 5. The first-order valence-corrected chi connectivity index (χ1v) is 7.68. The average Bonchev–Trinajstić information content (AvgIpc) is 2.76. The van der Waals surface area contributed by atoms with Crippen LogP contribution in [0.2, 0.25) is 0 Å². The molecule has 1 aromatic heterocycles. The van der Waals surface area contributed by atoms with Crippen molar-refractivity contribution in [2.24, 2.45) is 5.92 Å². The third-order valence-corrected chi connectivity index (χ3v) is 3.66. The third-order valence-electron chi connectivity index (χ3n) is 3.66. The first-order valence-electron chi connectivity index (χ1n) is 7.68. The van der Waals surface area contributed by atoms with Crippen molar-refractivity contribution >= 4 is 10.9 Å². The molecule has 0 radical (unpaired) electrons. The number of benzene rings is 1. The van der Waals surface area contributed by atoms with E-state index in [-0.39, 0.29) is 5.54 Å². The molecule has 0 aliphatic carbocycles. The molecule has 2 nitrogen and oxygen atoms in total. The summed E-state index contributed by atoms with van der Waals surface area (Å²) in [5, 5.41) is 4.96. The van der Waals surface area contributed by atoms with E-state index in [1.54, 1.807) is 0 Å². The van der Waals surface area contributed by atoms with Gasteiger partial charge in [-0.05, 0) is 50.8 Å². The average molecular weight is 272 g/mol. The van der Waals surface area contributed by atoms with Crippen LogP contribution in [0.3, 0.4) is 0 Å². The highest BCUT2D eigenvalue weighted by Crippen LogP contribution is 2.21. The van der Waals surface area contributed by atoms with E-state index in [1.165, 1.54) is 22.9 Å². The van der Waals surface area contributed by atoms with E-state index in [2.05, 4.69) is 75.0 Å². The summed E-state index contributed by atoms with van der Waals surface area (Å²) in [6.45, 7) is 13.2. The summed E-state index contributed by atoms with van der Waals surface area (Å²) >= 11 is 0. The van der Waals surface area contributed by atoms with Gasteiger partial charge in [-0.1, -0.05) is 26.0 Å². The molecule has 0 saturated carbocycles. The zero-order valence-corrected chi connectivity index (χ0v) is 13.5. The van der Waals surface area contributed by atoms with Crippen molar-refractivity contribution < 1.29 is 0 Å². The monoisotopic (exact) mass is 272 g/mol. The van der Waals surface area contributed by atoms with Gasteiger partial charge in [0, 0.05) is 35.7 Å². The number of fused-ring (bicyclic) bond motifs is 1. The van der Waals surface area contributed by atoms with E-state index in [0.717, 1.165) is 19.0 Å². The van der Waals surface area contributed by atoms with Crippen LogP contribution in [0, 0.1) is 5.92 Å². The Morgan fingerprint density at radius 3 is 2.55 bits per heavy atom. The van der Waals surface area contributed by atoms with Crippen LogP contribution in [-0.2, 0) is 13.1 Å². The fourth-order valence-corrected chi connectivity index (χ4v) is 2.39. The van der Waals surface area contributed by atoms with Crippen LogP contribution in [-0.4, -0.2) is 10.1 Å². The Morgan fingerprint density at radius 1 is 1.15 bits per heavy atom. The first kappa shape index (κ1) is 15.1. The second kappa shape index (κ2) is 6.01. The quantitative estimate of drug-likeness (QED) is 0.843. The van der Waals surface area contributed by atoms with E-state index in [9.17, 15) is 0 Å². The van der Waals surface area contributed by atoms with Crippen molar-refractivity contribution in [2.45, 2.75) is 59.7 Å². The molecule has 2 rings (SSSR count). The van der Waals surface area contributed by atoms with Crippen LogP contribution in [0.4, 0.5) is 0 Å². The molecular weight excluding hydrogens is 244 g/mol. The van der Waals surface area contributed by atoms with Gasteiger partial charge in [-0.15, -0.1) is 0 Å². The number of nitrogens with one attached hydrogen (secondary N) is 1. The molecule has 0 spiro atoms. The summed E-state index contributed by atoms with van der Waals surface area (Å²) in [6, 6.07) is 8.90. The highest BCUT2D eigenvalue weighted by molar-refractivity contribution is 5.83. The summed E-state index contributed by atoms with van der Waals surface area (Å²) < 4.78 is 2.38. The summed E-state index contributed by atoms with van der Waals surface area (Å²) in [7, 11) is 0. The molecule has 0 saturated heterocycles. The van der Waals surface area contributed by atoms with E-state index in [0.29, 0.717) is 0 Å². The van der Waals surface area contributed by atoms with E-state index < -0.39 is 0 Å². The minimum atomic E-state index is 0.155. The summed E-state index contributed by atoms with van der Waals surface area (Å²) in [5.74, 6) is 0.748. The Labute approximate surface area is 123 Å². The molecule has 0 bridgehead atoms. The number of hydrogen-bond donors (Lipinski definition) is 1. The zero-order valence-electron chi connectivity index (χ0n) is 13.5. The van der Waals surface area contributed by atoms with Crippen molar-refractivity contribution in [1.82, 2.24) is 9.88 Å². The van der Waals surface area contributed by atoms with Crippen molar-refractivity contribution in [2.75, 3.05) is 0 Å². The Hall–Kier alpha value is -1.28. The fourth-order valence-electron chi connectivity index (χ4n) is 2.39. The predicted octanol–water partition coefficient (Wildman–Crippen LogP) is 4.58. The molecule has 20 heavy (non-hydrogen) atoms. The van der Waals surface area contributed by atoms with Gasteiger partial charge in [-0.25, -0.2) is 0 Å². The molecule has 2 heteroatoms. The summed E-state index contributed by atoms with van der Waals surface area (Å²) in [4.78, 5) is 0. The van der Waals surface area contributed by atoms with Gasteiger partial charge < -0.3 is 9.88 Å². The van der Waals surface area contributed by atoms with Crippen molar-refractivity contribution in [3.63, 3.8) is 0 Å². The Bertz CT molecular complexity index is 558. The maximum atomic E-state index is 3.58. The number of nitrogens with zero attached hydrogens (tertiary/aromatic N) is 1. The minimum absolute atomic E-state index is 0.155. The molecule has 0 aliphatic heterocycles. The summed E-state index contributed by atoms with van der Waals surface area (Å²) in [6.07, 6.45) is 3.46. The second-order valence-electron chi connectivity index (χ2n) is 7.15. The van der Waals surface area contributed by atoms with E-state index in [4.69, 9.17) is 0 Å². The SMILES string of the molecule is CC(C)CCn1ccc2c(CNC(C)(C)C)cccc21. The molecule has 1 aromatic carbocycles. The highest BCUT2D eigenvalue weighted by atomic mass is 15.0. The van der Waals surface area contributed by atoms with Gasteiger partial charge in [0.25, 0.3) is 0 Å². The minimum Gasteiger partial charge on any atom is -0.347 e. The molecular formula is C18H28N2. The number of aromatic nitrogens is 1. The third kappa shape index (κ3) is 3.86. The Balaban J connectivity index is 2.21. The summed E-state index contributed by atoms with van der Waals surface area (Å²) in [5.41, 5.74) is 2.90. The lowest BCUT2D eigenvalue weighted by Gasteiger charge is -2.21. The Kier molecular flexibility index (Phi) is 4.54. The van der Waals surface area contributed by atoms with Crippen LogP contribution in [0.5, 0.6) is 0 Å². The van der Waals surface area contributed by atoms with E-state index >= 15 is 0 Å². The normalized spacial score (nSPS) is 12.5. The molecule has 0 fully saturated rings. The lowest BCUT2D eigenvalue weighted by atomic mass is 10.1. The standard InChI is InChI=1S/C18H28N2/c1-14(2)9-11-20-12-10-16-15(7-6-8-17(16)20)13-19-18(3,4)5/h6-8,10,12,14,19H,9,11,13H2,1-5H3. The molecule has 0 amide bonds.